The summed E-state index contributed by atoms with van der Waals surface area (Å²) in [7, 11) is 0. The fourth-order valence-electron chi connectivity index (χ4n) is 1.40. The van der Waals surface area contributed by atoms with Gasteiger partial charge in [0.1, 0.15) is 4.75 Å². The summed E-state index contributed by atoms with van der Waals surface area (Å²) < 4.78 is -0.0694. The smallest absolute Gasteiger partial charge is 0.105 e. The van der Waals surface area contributed by atoms with Crippen molar-refractivity contribution in [3.63, 3.8) is 0 Å². The largest absolute Gasteiger partial charge is 0.317 e. The number of hydrogen-bond acceptors (Lipinski definition) is 3. The molecule has 0 amide bonds. The molecule has 1 saturated heterocycles. The second-order valence-electron chi connectivity index (χ2n) is 2.79. The molecule has 0 radical (unpaired) electrons. The fraction of sp³-hybridized carbons (Fsp3) is 0.875. The van der Waals surface area contributed by atoms with Gasteiger partial charge in [0.15, 0.2) is 0 Å². The summed E-state index contributed by atoms with van der Waals surface area (Å²) in [6.45, 7) is 4.12. The second-order valence-corrected chi connectivity index (χ2v) is 4.44. The maximum absolute atomic E-state index is 8.97. The summed E-state index contributed by atoms with van der Waals surface area (Å²) >= 11 is 1.80. The van der Waals surface area contributed by atoms with Gasteiger partial charge in [0.25, 0.3) is 0 Å². The van der Waals surface area contributed by atoms with Crippen LogP contribution in [0.5, 0.6) is 0 Å². The normalized spacial score (nSPS) is 22.5. The Hall–Kier alpha value is -0.200. The van der Waals surface area contributed by atoms with Crippen molar-refractivity contribution in [1.82, 2.24) is 5.32 Å². The zero-order chi connectivity index (χ0) is 8.16. The molecule has 0 unspecified atom stereocenters. The van der Waals surface area contributed by atoms with Gasteiger partial charge in [-0.15, -0.1) is 11.8 Å². The predicted octanol–water partition coefficient (Wildman–Crippen LogP) is 1.39. The van der Waals surface area contributed by atoms with Crippen molar-refractivity contribution >= 4 is 11.8 Å². The number of hydrogen-bond donors (Lipinski definition) is 1. The molecule has 0 aromatic rings. The molecule has 0 atom stereocenters. The molecule has 1 fully saturated rings. The lowest BCUT2D eigenvalue weighted by Gasteiger charge is -2.29. The van der Waals surface area contributed by atoms with Crippen LogP contribution in [0.25, 0.3) is 0 Å². The van der Waals surface area contributed by atoms with E-state index in [0.717, 1.165) is 31.7 Å². The third kappa shape index (κ3) is 2.11. The third-order valence-electron chi connectivity index (χ3n) is 2.04. The summed E-state index contributed by atoms with van der Waals surface area (Å²) in [5.41, 5.74) is 0. The molecule has 1 N–H and O–H groups in total. The summed E-state index contributed by atoms with van der Waals surface area (Å²) in [5, 5.41) is 12.2. The molecule has 0 saturated carbocycles. The SMILES string of the molecule is CCSC1(C#N)CCNCC1. The molecule has 1 heterocycles. The Kier molecular flexibility index (Phi) is 3.22. The van der Waals surface area contributed by atoms with E-state index < -0.39 is 0 Å². The van der Waals surface area contributed by atoms with Gasteiger partial charge in [0.2, 0.25) is 0 Å². The van der Waals surface area contributed by atoms with Gasteiger partial charge in [0.05, 0.1) is 6.07 Å². The molecule has 1 rings (SSSR count). The molecule has 2 nitrogen and oxygen atoms in total. The Bertz CT molecular complexity index is 150. The molecule has 1 aliphatic rings. The van der Waals surface area contributed by atoms with Crippen LogP contribution in [0.4, 0.5) is 0 Å². The van der Waals surface area contributed by atoms with E-state index in [9.17, 15) is 0 Å². The van der Waals surface area contributed by atoms with Gasteiger partial charge in [0, 0.05) is 0 Å². The van der Waals surface area contributed by atoms with Crippen LogP contribution in [-0.2, 0) is 0 Å². The molecule has 0 aromatic heterocycles. The van der Waals surface area contributed by atoms with Crippen molar-refractivity contribution in [3.8, 4) is 6.07 Å². The molecule has 0 bridgehead atoms. The number of thioether (sulfide) groups is 1. The Morgan fingerprint density at radius 3 is 2.64 bits per heavy atom. The van der Waals surface area contributed by atoms with E-state index in [0.29, 0.717) is 0 Å². The van der Waals surface area contributed by atoms with Crippen LogP contribution in [0.2, 0.25) is 0 Å². The first-order valence-corrected chi connectivity index (χ1v) is 5.07. The van der Waals surface area contributed by atoms with Gasteiger partial charge < -0.3 is 5.32 Å². The van der Waals surface area contributed by atoms with Crippen LogP contribution in [0.3, 0.4) is 0 Å². The standard InChI is InChI=1S/C8H14N2S/c1-2-11-8(7-9)3-5-10-6-4-8/h10H,2-6H2,1H3. The number of rotatable bonds is 2. The summed E-state index contributed by atoms with van der Waals surface area (Å²) in [4.78, 5) is 0. The molecule has 62 valence electrons. The van der Waals surface area contributed by atoms with E-state index in [4.69, 9.17) is 5.26 Å². The van der Waals surface area contributed by atoms with Crippen molar-refractivity contribution < 1.29 is 0 Å². The average Bonchev–Trinajstić information content (AvgIpc) is 2.07. The van der Waals surface area contributed by atoms with Gasteiger partial charge in [-0.1, -0.05) is 6.92 Å². The van der Waals surface area contributed by atoms with Crippen LogP contribution < -0.4 is 5.32 Å². The fourth-order valence-corrected chi connectivity index (χ4v) is 2.51. The Labute approximate surface area is 72.4 Å². The monoisotopic (exact) mass is 170 g/mol. The van der Waals surface area contributed by atoms with Crippen molar-refractivity contribution in [3.05, 3.63) is 0 Å². The number of piperidine rings is 1. The van der Waals surface area contributed by atoms with Crippen LogP contribution >= 0.6 is 11.8 Å². The molecule has 11 heavy (non-hydrogen) atoms. The van der Waals surface area contributed by atoms with Gasteiger partial charge in [-0.3, -0.25) is 0 Å². The van der Waals surface area contributed by atoms with Crippen molar-refractivity contribution in [2.75, 3.05) is 18.8 Å². The highest BCUT2D eigenvalue weighted by atomic mass is 32.2. The van der Waals surface area contributed by atoms with E-state index >= 15 is 0 Å². The highest BCUT2D eigenvalue weighted by Crippen LogP contribution is 2.32. The maximum atomic E-state index is 8.97. The number of nitrogens with one attached hydrogen (secondary N) is 1. The number of nitrogens with zero attached hydrogens (tertiary/aromatic N) is 1. The van der Waals surface area contributed by atoms with Crippen LogP contribution in [0, 0.1) is 11.3 Å². The molecule has 1 aliphatic heterocycles. The van der Waals surface area contributed by atoms with E-state index in [1.807, 2.05) is 0 Å². The first-order valence-electron chi connectivity index (χ1n) is 4.09. The van der Waals surface area contributed by atoms with Crippen LogP contribution in [0.15, 0.2) is 0 Å². The minimum absolute atomic E-state index is 0.0694. The Balaban J connectivity index is 2.51. The van der Waals surface area contributed by atoms with Crippen molar-refractivity contribution in [2.24, 2.45) is 0 Å². The van der Waals surface area contributed by atoms with E-state index in [1.54, 1.807) is 11.8 Å². The van der Waals surface area contributed by atoms with Crippen molar-refractivity contribution in [2.45, 2.75) is 24.5 Å². The maximum Gasteiger partial charge on any atom is 0.105 e. The first-order chi connectivity index (χ1) is 5.33. The number of nitriles is 1. The van der Waals surface area contributed by atoms with Gasteiger partial charge in [-0.05, 0) is 31.7 Å². The zero-order valence-electron chi connectivity index (χ0n) is 6.89. The van der Waals surface area contributed by atoms with Gasteiger partial charge >= 0.3 is 0 Å². The molecule has 0 aromatic carbocycles. The predicted molar refractivity (Wildman–Crippen MR) is 48.6 cm³/mol. The quantitative estimate of drug-likeness (QED) is 0.680. The minimum atomic E-state index is -0.0694. The highest BCUT2D eigenvalue weighted by Gasteiger charge is 2.31. The minimum Gasteiger partial charge on any atom is -0.317 e. The Morgan fingerprint density at radius 1 is 1.55 bits per heavy atom. The molecular formula is C8H14N2S. The lowest BCUT2D eigenvalue weighted by molar-refractivity contribution is 0.476. The molecule has 0 spiro atoms. The van der Waals surface area contributed by atoms with Gasteiger partial charge in [-0.2, -0.15) is 5.26 Å². The summed E-state index contributed by atoms with van der Waals surface area (Å²) in [6, 6.07) is 2.44. The van der Waals surface area contributed by atoms with E-state index in [-0.39, 0.29) is 4.75 Å². The summed E-state index contributed by atoms with van der Waals surface area (Å²) in [5.74, 6) is 1.05. The molecular weight excluding hydrogens is 156 g/mol. The Morgan fingerprint density at radius 2 is 2.18 bits per heavy atom. The topological polar surface area (TPSA) is 35.8 Å². The average molecular weight is 170 g/mol. The molecule has 0 aliphatic carbocycles. The third-order valence-corrected chi connectivity index (χ3v) is 3.38. The van der Waals surface area contributed by atoms with E-state index in [1.165, 1.54) is 0 Å². The van der Waals surface area contributed by atoms with E-state index in [2.05, 4.69) is 18.3 Å². The lowest BCUT2D eigenvalue weighted by Crippen LogP contribution is -2.38. The van der Waals surface area contributed by atoms with Crippen LogP contribution in [-0.4, -0.2) is 23.6 Å². The first kappa shape index (κ1) is 8.89. The van der Waals surface area contributed by atoms with Crippen molar-refractivity contribution in [1.29, 1.82) is 5.26 Å². The van der Waals surface area contributed by atoms with Crippen LogP contribution in [0.1, 0.15) is 19.8 Å². The zero-order valence-corrected chi connectivity index (χ0v) is 7.71. The van der Waals surface area contributed by atoms with Gasteiger partial charge in [-0.25, -0.2) is 0 Å². The highest BCUT2D eigenvalue weighted by molar-refractivity contribution is 8.00. The second kappa shape index (κ2) is 3.99. The molecule has 3 heteroatoms. The summed E-state index contributed by atoms with van der Waals surface area (Å²) in [6.07, 6.45) is 2.00. The lowest BCUT2D eigenvalue weighted by atomic mass is 9.99.